The first-order valence-electron chi connectivity index (χ1n) is 6.06. The Hall–Kier alpha value is -0.610. The highest BCUT2D eigenvalue weighted by molar-refractivity contribution is 7.11. The molecule has 1 N–H and O–H groups in total. The lowest BCUT2D eigenvalue weighted by Crippen LogP contribution is -2.18. The summed E-state index contributed by atoms with van der Waals surface area (Å²) in [5, 5.41) is 5.81. The molecule has 0 bridgehead atoms. The van der Waals surface area contributed by atoms with Crippen LogP contribution in [0.3, 0.4) is 0 Å². The molecule has 0 aliphatic rings. The van der Waals surface area contributed by atoms with Crippen LogP contribution in [0.5, 0.6) is 0 Å². The maximum Gasteiger partial charge on any atom is 0.0900 e. The number of nitrogens with zero attached hydrogens (tertiary/aromatic N) is 1. The molecule has 0 spiro atoms. The lowest BCUT2D eigenvalue weighted by atomic mass is 10.0. The number of hydrogen-bond acceptors (Lipinski definition) is 3. The Bertz CT molecular complexity index is 581. The van der Waals surface area contributed by atoms with Crippen LogP contribution in [-0.4, -0.2) is 12.0 Å². The van der Waals surface area contributed by atoms with Gasteiger partial charge in [0, 0.05) is 21.0 Å². The van der Waals surface area contributed by atoms with Crippen molar-refractivity contribution in [3.8, 4) is 0 Å². The van der Waals surface area contributed by atoms with Crippen LogP contribution in [0.1, 0.15) is 27.2 Å². The van der Waals surface area contributed by atoms with E-state index in [0.29, 0.717) is 10.0 Å². The lowest BCUT2D eigenvalue weighted by Gasteiger charge is -2.16. The van der Waals surface area contributed by atoms with Crippen LogP contribution in [0, 0.1) is 13.8 Å². The zero-order chi connectivity index (χ0) is 14.0. The highest BCUT2D eigenvalue weighted by Gasteiger charge is 2.17. The molecular weight excluding hydrogens is 299 g/mol. The molecule has 2 aromatic rings. The zero-order valence-corrected chi connectivity index (χ0v) is 13.5. The molecule has 102 valence electrons. The number of hydrogen-bond donors (Lipinski definition) is 1. The molecule has 1 aromatic heterocycles. The minimum atomic E-state index is 0.227. The monoisotopic (exact) mass is 314 g/mol. The SMILES string of the molecule is CNC(Cc1ccc(Cl)cc1Cl)c1sc(C)nc1C. The molecule has 1 aromatic carbocycles. The molecule has 1 heterocycles. The molecule has 0 radical (unpaired) electrons. The molecule has 1 unspecified atom stereocenters. The third kappa shape index (κ3) is 3.48. The molecule has 19 heavy (non-hydrogen) atoms. The van der Waals surface area contributed by atoms with Gasteiger partial charge >= 0.3 is 0 Å². The summed E-state index contributed by atoms with van der Waals surface area (Å²) >= 11 is 13.9. The molecular formula is C14H16Cl2N2S. The van der Waals surface area contributed by atoms with Gasteiger partial charge in [-0.1, -0.05) is 29.3 Å². The van der Waals surface area contributed by atoms with Gasteiger partial charge in [-0.05, 0) is 45.0 Å². The molecule has 0 aliphatic heterocycles. The second kappa shape index (κ2) is 6.23. The number of benzene rings is 1. The highest BCUT2D eigenvalue weighted by atomic mass is 35.5. The van der Waals surface area contributed by atoms with Crippen molar-refractivity contribution >= 4 is 34.5 Å². The second-order valence-electron chi connectivity index (χ2n) is 4.46. The Kier molecular flexibility index (Phi) is 4.85. The van der Waals surface area contributed by atoms with Crippen LogP contribution in [0.4, 0.5) is 0 Å². The van der Waals surface area contributed by atoms with Gasteiger partial charge in [-0.3, -0.25) is 0 Å². The summed E-state index contributed by atoms with van der Waals surface area (Å²) in [6.07, 6.45) is 0.828. The molecule has 0 aliphatic carbocycles. The van der Waals surface area contributed by atoms with Crippen molar-refractivity contribution in [1.82, 2.24) is 10.3 Å². The number of thiazole rings is 1. The number of aromatic nitrogens is 1. The first-order chi connectivity index (χ1) is 9.01. The number of nitrogens with one attached hydrogen (secondary N) is 1. The van der Waals surface area contributed by atoms with Crippen molar-refractivity contribution in [3.05, 3.63) is 49.4 Å². The Morgan fingerprint density at radius 2 is 2.05 bits per heavy atom. The van der Waals surface area contributed by atoms with Crippen LogP contribution in [0.15, 0.2) is 18.2 Å². The maximum absolute atomic E-state index is 6.24. The summed E-state index contributed by atoms with van der Waals surface area (Å²) < 4.78 is 0. The average molecular weight is 315 g/mol. The fraction of sp³-hybridized carbons (Fsp3) is 0.357. The number of halogens is 2. The van der Waals surface area contributed by atoms with Gasteiger partial charge in [-0.2, -0.15) is 0 Å². The van der Waals surface area contributed by atoms with E-state index >= 15 is 0 Å². The van der Waals surface area contributed by atoms with Crippen LogP contribution >= 0.6 is 34.5 Å². The summed E-state index contributed by atoms with van der Waals surface area (Å²) in [5.41, 5.74) is 2.18. The first kappa shape index (κ1) is 14.8. The standard InChI is InChI=1S/C14H16Cl2N2S/c1-8-14(19-9(2)18-8)13(17-3)6-10-4-5-11(15)7-12(10)16/h4-5,7,13,17H,6H2,1-3H3. The maximum atomic E-state index is 6.24. The van der Waals surface area contributed by atoms with Gasteiger partial charge in [0.15, 0.2) is 0 Å². The number of rotatable bonds is 4. The molecule has 2 nitrogen and oxygen atoms in total. The van der Waals surface area contributed by atoms with E-state index in [-0.39, 0.29) is 6.04 Å². The van der Waals surface area contributed by atoms with E-state index in [0.717, 1.165) is 22.7 Å². The minimum Gasteiger partial charge on any atom is -0.312 e. The van der Waals surface area contributed by atoms with Crippen molar-refractivity contribution in [2.24, 2.45) is 0 Å². The van der Waals surface area contributed by atoms with Gasteiger partial charge in [0.25, 0.3) is 0 Å². The highest BCUT2D eigenvalue weighted by Crippen LogP contribution is 2.30. The van der Waals surface area contributed by atoms with Crippen molar-refractivity contribution < 1.29 is 0 Å². The van der Waals surface area contributed by atoms with Crippen molar-refractivity contribution in [3.63, 3.8) is 0 Å². The Morgan fingerprint density at radius 1 is 1.32 bits per heavy atom. The van der Waals surface area contributed by atoms with Gasteiger partial charge < -0.3 is 5.32 Å². The molecule has 5 heteroatoms. The molecule has 2 rings (SSSR count). The molecule has 0 saturated carbocycles. The Morgan fingerprint density at radius 3 is 2.58 bits per heavy atom. The van der Waals surface area contributed by atoms with Crippen LogP contribution in [-0.2, 0) is 6.42 Å². The predicted molar refractivity (Wildman–Crippen MR) is 83.6 cm³/mol. The van der Waals surface area contributed by atoms with E-state index in [1.807, 2.05) is 33.0 Å². The number of aryl methyl sites for hydroxylation is 2. The summed E-state index contributed by atoms with van der Waals surface area (Å²) in [6, 6.07) is 5.87. The molecule has 0 fully saturated rings. The summed E-state index contributed by atoms with van der Waals surface area (Å²) in [4.78, 5) is 5.75. The normalized spacial score (nSPS) is 12.7. The molecule has 1 atom stereocenters. The smallest absolute Gasteiger partial charge is 0.0900 e. The van der Waals surface area contributed by atoms with Crippen LogP contribution < -0.4 is 5.32 Å². The quantitative estimate of drug-likeness (QED) is 0.894. The van der Waals surface area contributed by atoms with E-state index in [2.05, 4.69) is 10.3 Å². The van der Waals surface area contributed by atoms with Gasteiger partial charge in [0.05, 0.1) is 10.7 Å². The van der Waals surface area contributed by atoms with Crippen molar-refractivity contribution in [1.29, 1.82) is 0 Å². The summed E-state index contributed by atoms with van der Waals surface area (Å²) in [5.74, 6) is 0. The van der Waals surface area contributed by atoms with E-state index in [4.69, 9.17) is 23.2 Å². The summed E-state index contributed by atoms with van der Waals surface area (Å²) in [7, 11) is 1.96. The zero-order valence-electron chi connectivity index (χ0n) is 11.1. The van der Waals surface area contributed by atoms with Gasteiger partial charge in [0.1, 0.15) is 0 Å². The first-order valence-corrected chi connectivity index (χ1v) is 7.63. The average Bonchev–Trinajstić information content (AvgIpc) is 2.68. The third-order valence-electron chi connectivity index (χ3n) is 3.04. The van der Waals surface area contributed by atoms with Crippen molar-refractivity contribution in [2.45, 2.75) is 26.3 Å². The predicted octanol–water partition coefficient (Wildman–Crippen LogP) is 4.57. The largest absolute Gasteiger partial charge is 0.312 e. The van der Waals surface area contributed by atoms with Crippen LogP contribution in [0.2, 0.25) is 10.0 Å². The fourth-order valence-corrected chi connectivity index (χ4v) is 3.63. The van der Waals surface area contributed by atoms with E-state index in [9.17, 15) is 0 Å². The lowest BCUT2D eigenvalue weighted by molar-refractivity contribution is 0.598. The minimum absolute atomic E-state index is 0.227. The number of likely N-dealkylation sites (N-methyl/N-ethyl adjacent to an activating group) is 1. The topological polar surface area (TPSA) is 24.9 Å². The van der Waals surface area contributed by atoms with Crippen LogP contribution in [0.25, 0.3) is 0 Å². The Balaban J connectivity index is 2.26. The van der Waals surface area contributed by atoms with E-state index < -0.39 is 0 Å². The molecule has 0 amide bonds. The third-order valence-corrected chi connectivity index (χ3v) is 4.82. The fourth-order valence-electron chi connectivity index (χ4n) is 2.10. The summed E-state index contributed by atoms with van der Waals surface area (Å²) in [6.45, 7) is 4.08. The van der Waals surface area contributed by atoms with E-state index in [1.54, 1.807) is 17.4 Å². The second-order valence-corrected chi connectivity index (χ2v) is 6.54. The van der Waals surface area contributed by atoms with E-state index in [1.165, 1.54) is 4.88 Å². The van der Waals surface area contributed by atoms with Gasteiger partial charge in [0.2, 0.25) is 0 Å². The van der Waals surface area contributed by atoms with Gasteiger partial charge in [-0.25, -0.2) is 4.98 Å². The Labute approximate surface area is 127 Å². The van der Waals surface area contributed by atoms with Crippen molar-refractivity contribution in [2.75, 3.05) is 7.05 Å². The van der Waals surface area contributed by atoms with Gasteiger partial charge in [-0.15, -0.1) is 11.3 Å². The molecule has 0 saturated heterocycles.